The second kappa shape index (κ2) is 5.00. The highest BCUT2D eigenvalue weighted by molar-refractivity contribution is 5.80. The van der Waals surface area contributed by atoms with Crippen molar-refractivity contribution in [1.29, 1.82) is 0 Å². The Hall–Kier alpha value is -2.29. The highest BCUT2D eigenvalue weighted by atomic mass is 19.1. The molecule has 0 bridgehead atoms. The van der Waals surface area contributed by atoms with Crippen molar-refractivity contribution >= 4 is 10.9 Å². The minimum Gasteiger partial charge on any atom is -0.494 e. The van der Waals surface area contributed by atoms with Crippen LogP contribution in [0.15, 0.2) is 48.7 Å². The minimum atomic E-state index is -0.322. The number of rotatable bonds is 3. The average molecular weight is 269 g/mol. The molecule has 0 saturated heterocycles. The Balaban J connectivity index is 1.95. The smallest absolute Gasteiger partial charge is 0.165 e. The standard InChI is InChI=1S/C17H16FNO/c1-12-3-5-16-14(9-12)7-8-19(16)11-13-4-6-17(20-2)15(18)10-13/h3-10H,11H2,1-2H3. The van der Waals surface area contributed by atoms with Gasteiger partial charge >= 0.3 is 0 Å². The Morgan fingerprint density at radius 2 is 1.95 bits per heavy atom. The number of nitrogens with zero attached hydrogens (tertiary/aromatic N) is 1. The normalized spacial score (nSPS) is 10.9. The molecule has 0 saturated carbocycles. The van der Waals surface area contributed by atoms with Crippen LogP contribution in [-0.2, 0) is 6.54 Å². The zero-order valence-electron chi connectivity index (χ0n) is 11.6. The molecule has 3 aromatic rings. The second-order valence-electron chi connectivity index (χ2n) is 4.97. The van der Waals surface area contributed by atoms with E-state index in [1.807, 2.05) is 12.3 Å². The molecule has 102 valence electrons. The van der Waals surface area contributed by atoms with Gasteiger partial charge in [0, 0.05) is 18.3 Å². The third kappa shape index (κ3) is 2.27. The van der Waals surface area contributed by atoms with Crippen LogP contribution in [0.1, 0.15) is 11.1 Å². The second-order valence-corrected chi connectivity index (χ2v) is 4.97. The monoisotopic (exact) mass is 269 g/mol. The summed E-state index contributed by atoms with van der Waals surface area (Å²) in [5, 5.41) is 1.21. The molecular formula is C17H16FNO. The van der Waals surface area contributed by atoms with Gasteiger partial charge in [0.05, 0.1) is 7.11 Å². The van der Waals surface area contributed by atoms with Crippen molar-refractivity contribution < 1.29 is 9.13 Å². The molecule has 0 N–H and O–H groups in total. The van der Waals surface area contributed by atoms with Gasteiger partial charge in [0.2, 0.25) is 0 Å². The van der Waals surface area contributed by atoms with E-state index >= 15 is 0 Å². The summed E-state index contributed by atoms with van der Waals surface area (Å²) < 4.78 is 20.8. The molecule has 3 heteroatoms. The average Bonchev–Trinajstić information content (AvgIpc) is 2.81. The van der Waals surface area contributed by atoms with Crippen LogP contribution < -0.4 is 4.74 Å². The highest BCUT2D eigenvalue weighted by Crippen LogP contribution is 2.21. The lowest BCUT2D eigenvalue weighted by molar-refractivity contribution is 0.386. The van der Waals surface area contributed by atoms with E-state index in [9.17, 15) is 4.39 Å². The van der Waals surface area contributed by atoms with E-state index in [1.165, 1.54) is 24.1 Å². The molecule has 0 radical (unpaired) electrons. The van der Waals surface area contributed by atoms with Gasteiger partial charge in [-0.05, 0) is 48.2 Å². The first-order chi connectivity index (χ1) is 9.67. The SMILES string of the molecule is COc1ccc(Cn2ccc3cc(C)ccc32)cc1F. The summed E-state index contributed by atoms with van der Waals surface area (Å²) in [6.07, 6.45) is 2.03. The summed E-state index contributed by atoms with van der Waals surface area (Å²) in [6, 6.07) is 13.5. The molecule has 3 rings (SSSR count). The summed E-state index contributed by atoms with van der Waals surface area (Å²) in [7, 11) is 1.47. The van der Waals surface area contributed by atoms with Gasteiger partial charge in [-0.25, -0.2) is 4.39 Å². The lowest BCUT2D eigenvalue weighted by Crippen LogP contribution is -1.99. The lowest BCUT2D eigenvalue weighted by atomic mass is 10.2. The van der Waals surface area contributed by atoms with Gasteiger partial charge in [-0.2, -0.15) is 0 Å². The predicted molar refractivity (Wildman–Crippen MR) is 78.7 cm³/mol. The number of benzene rings is 2. The van der Waals surface area contributed by atoms with Gasteiger partial charge in [-0.3, -0.25) is 0 Å². The topological polar surface area (TPSA) is 14.2 Å². The molecule has 0 aliphatic rings. The maximum absolute atomic E-state index is 13.7. The first-order valence-corrected chi connectivity index (χ1v) is 6.55. The van der Waals surface area contributed by atoms with Crippen LogP contribution in [0, 0.1) is 12.7 Å². The van der Waals surface area contributed by atoms with Gasteiger partial charge in [0.15, 0.2) is 11.6 Å². The molecule has 20 heavy (non-hydrogen) atoms. The largest absolute Gasteiger partial charge is 0.494 e. The highest BCUT2D eigenvalue weighted by Gasteiger charge is 2.06. The zero-order valence-corrected chi connectivity index (χ0v) is 11.6. The fourth-order valence-corrected chi connectivity index (χ4v) is 2.46. The Labute approximate surface area is 117 Å². The summed E-state index contributed by atoms with van der Waals surface area (Å²) >= 11 is 0. The zero-order chi connectivity index (χ0) is 14.1. The number of aromatic nitrogens is 1. The van der Waals surface area contributed by atoms with E-state index in [2.05, 4.69) is 35.8 Å². The van der Waals surface area contributed by atoms with Crippen LogP contribution >= 0.6 is 0 Å². The first kappa shape index (κ1) is 12.7. The molecule has 0 spiro atoms. The number of hydrogen-bond acceptors (Lipinski definition) is 1. The predicted octanol–water partition coefficient (Wildman–Crippen LogP) is 4.15. The van der Waals surface area contributed by atoms with E-state index in [4.69, 9.17) is 4.74 Å². The van der Waals surface area contributed by atoms with E-state index in [0.29, 0.717) is 6.54 Å². The Morgan fingerprint density at radius 3 is 2.70 bits per heavy atom. The van der Waals surface area contributed by atoms with Crippen molar-refractivity contribution in [1.82, 2.24) is 4.57 Å². The van der Waals surface area contributed by atoms with E-state index < -0.39 is 0 Å². The molecule has 2 nitrogen and oxygen atoms in total. The van der Waals surface area contributed by atoms with E-state index in [1.54, 1.807) is 6.07 Å². The summed E-state index contributed by atoms with van der Waals surface area (Å²) in [5.74, 6) is -0.0426. The third-order valence-electron chi connectivity index (χ3n) is 3.50. The molecule has 2 aromatic carbocycles. The Bertz CT molecular complexity index is 761. The van der Waals surface area contributed by atoms with Crippen molar-refractivity contribution in [2.75, 3.05) is 7.11 Å². The van der Waals surface area contributed by atoms with Gasteiger partial charge in [0.1, 0.15) is 0 Å². The van der Waals surface area contributed by atoms with Gasteiger partial charge in [-0.1, -0.05) is 17.7 Å². The summed E-state index contributed by atoms with van der Waals surface area (Å²) in [6.45, 7) is 2.73. The van der Waals surface area contributed by atoms with E-state index in [-0.39, 0.29) is 11.6 Å². The number of hydrogen-bond donors (Lipinski definition) is 0. The number of ether oxygens (including phenoxy) is 1. The maximum Gasteiger partial charge on any atom is 0.165 e. The molecule has 0 atom stereocenters. The summed E-state index contributed by atoms with van der Waals surface area (Å²) in [4.78, 5) is 0. The number of fused-ring (bicyclic) bond motifs is 1. The number of methoxy groups -OCH3 is 1. The Kier molecular flexibility index (Phi) is 3.18. The van der Waals surface area contributed by atoms with Crippen LogP contribution in [0.4, 0.5) is 4.39 Å². The lowest BCUT2D eigenvalue weighted by Gasteiger charge is -2.08. The molecule has 0 unspecified atom stereocenters. The van der Waals surface area contributed by atoms with Crippen molar-refractivity contribution in [2.45, 2.75) is 13.5 Å². The maximum atomic E-state index is 13.7. The Morgan fingerprint density at radius 1 is 1.10 bits per heavy atom. The number of aryl methyl sites for hydroxylation is 1. The molecule has 0 aliphatic carbocycles. The molecular weight excluding hydrogens is 253 g/mol. The molecule has 0 fully saturated rings. The molecule has 0 amide bonds. The van der Waals surface area contributed by atoms with Crippen molar-refractivity contribution in [3.63, 3.8) is 0 Å². The van der Waals surface area contributed by atoms with Crippen molar-refractivity contribution in [2.24, 2.45) is 0 Å². The first-order valence-electron chi connectivity index (χ1n) is 6.55. The fraction of sp³-hybridized carbons (Fsp3) is 0.176. The molecule has 1 heterocycles. The molecule has 1 aromatic heterocycles. The quantitative estimate of drug-likeness (QED) is 0.697. The summed E-state index contributed by atoms with van der Waals surface area (Å²) in [5.41, 5.74) is 3.32. The van der Waals surface area contributed by atoms with Crippen LogP contribution in [0.5, 0.6) is 5.75 Å². The van der Waals surface area contributed by atoms with Crippen LogP contribution in [0.25, 0.3) is 10.9 Å². The minimum absolute atomic E-state index is 0.279. The number of halogens is 1. The molecule has 0 aliphatic heterocycles. The van der Waals surface area contributed by atoms with Crippen molar-refractivity contribution in [3.05, 3.63) is 65.6 Å². The third-order valence-corrected chi connectivity index (χ3v) is 3.50. The van der Waals surface area contributed by atoms with Gasteiger partial charge in [-0.15, -0.1) is 0 Å². The van der Waals surface area contributed by atoms with Gasteiger partial charge < -0.3 is 9.30 Å². The van der Waals surface area contributed by atoms with Gasteiger partial charge in [0.25, 0.3) is 0 Å². The van der Waals surface area contributed by atoms with Crippen LogP contribution in [0.3, 0.4) is 0 Å². The van der Waals surface area contributed by atoms with Crippen LogP contribution in [0.2, 0.25) is 0 Å². The fourth-order valence-electron chi connectivity index (χ4n) is 2.46. The van der Waals surface area contributed by atoms with Crippen molar-refractivity contribution in [3.8, 4) is 5.75 Å². The van der Waals surface area contributed by atoms with E-state index in [0.717, 1.165) is 11.1 Å². The van der Waals surface area contributed by atoms with Crippen LogP contribution in [-0.4, -0.2) is 11.7 Å².